The number of carbonyl (C=O) groups is 2. The maximum atomic E-state index is 12.4. The van der Waals surface area contributed by atoms with Crippen LogP contribution in [-0.2, 0) is 9.53 Å². The number of amides is 1. The molecule has 164 valence electrons. The standard InChI is InChI=1S/C27H28N2O3/c1-17-5-7-20(8-6-17)22-11-14-26-24(16-22)25(15-18(2)29(26)19(3)30)28-23-12-9-21(10-13-23)27(31)32-4/h5-14,16,18,25,28H,15H2,1-4H3/t18-,25+/m0/s1. The largest absolute Gasteiger partial charge is 0.465 e. The van der Waals surface area contributed by atoms with E-state index in [1.165, 1.54) is 12.7 Å². The molecule has 3 aromatic rings. The summed E-state index contributed by atoms with van der Waals surface area (Å²) in [6, 6.07) is 22.2. The van der Waals surface area contributed by atoms with Gasteiger partial charge < -0.3 is 15.0 Å². The van der Waals surface area contributed by atoms with Gasteiger partial charge in [-0.25, -0.2) is 4.79 Å². The number of fused-ring (bicyclic) bond motifs is 1. The topological polar surface area (TPSA) is 58.6 Å². The van der Waals surface area contributed by atoms with Gasteiger partial charge in [-0.3, -0.25) is 4.79 Å². The summed E-state index contributed by atoms with van der Waals surface area (Å²) in [6.45, 7) is 5.77. The number of nitrogens with one attached hydrogen (secondary N) is 1. The first kappa shape index (κ1) is 21.6. The van der Waals surface area contributed by atoms with Crippen LogP contribution in [0, 0.1) is 6.92 Å². The maximum Gasteiger partial charge on any atom is 0.337 e. The lowest BCUT2D eigenvalue weighted by atomic mass is 9.88. The number of hydrogen-bond donors (Lipinski definition) is 1. The van der Waals surface area contributed by atoms with Crippen molar-refractivity contribution >= 4 is 23.3 Å². The highest BCUT2D eigenvalue weighted by molar-refractivity contribution is 5.94. The highest BCUT2D eigenvalue weighted by Crippen LogP contribution is 2.41. The Bertz CT molecular complexity index is 1140. The lowest BCUT2D eigenvalue weighted by Crippen LogP contribution is -2.43. The Morgan fingerprint density at radius 1 is 0.969 bits per heavy atom. The van der Waals surface area contributed by atoms with E-state index in [2.05, 4.69) is 61.6 Å². The van der Waals surface area contributed by atoms with Crippen molar-refractivity contribution in [3.05, 3.63) is 83.4 Å². The van der Waals surface area contributed by atoms with E-state index in [1.807, 2.05) is 17.0 Å². The van der Waals surface area contributed by atoms with Gasteiger partial charge >= 0.3 is 5.97 Å². The monoisotopic (exact) mass is 428 g/mol. The summed E-state index contributed by atoms with van der Waals surface area (Å²) in [7, 11) is 1.38. The number of esters is 1. The van der Waals surface area contributed by atoms with Crippen LogP contribution < -0.4 is 10.2 Å². The zero-order valence-electron chi connectivity index (χ0n) is 18.9. The van der Waals surface area contributed by atoms with Crippen LogP contribution in [0.5, 0.6) is 0 Å². The van der Waals surface area contributed by atoms with Crippen LogP contribution >= 0.6 is 0 Å². The highest BCUT2D eigenvalue weighted by atomic mass is 16.5. The number of rotatable bonds is 4. The Morgan fingerprint density at radius 3 is 2.25 bits per heavy atom. The second kappa shape index (κ2) is 8.87. The van der Waals surface area contributed by atoms with Crippen LogP contribution in [-0.4, -0.2) is 25.0 Å². The second-order valence-corrected chi connectivity index (χ2v) is 8.38. The fourth-order valence-electron chi connectivity index (χ4n) is 4.43. The molecule has 0 aromatic heterocycles. The predicted molar refractivity (Wildman–Crippen MR) is 128 cm³/mol. The fraction of sp³-hybridized carbons (Fsp3) is 0.259. The molecule has 3 aromatic carbocycles. The average Bonchev–Trinajstić information content (AvgIpc) is 2.79. The van der Waals surface area contributed by atoms with E-state index in [4.69, 9.17) is 4.74 Å². The van der Waals surface area contributed by atoms with Crippen molar-refractivity contribution in [2.45, 2.75) is 39.3 Å². The zero-order valence-corrected chi connectivity index (χ0v) is 18.9. The molecular weight excluding hydrogens is 400 g/mol. The van der Waals surface area contributed by atoms with Gasteiger partial charge in [0.1, 0.15) is 0 Å². The van der Waals surface area contributed by atoms with Crippen molar-refractivity contribution in [3.63, 3.8) is 0 Å². The quantitative estimate of drug-likeness (QED) is 0.538. The van der Waals surface area contributed by atoms with E-state index in [9.17, 15) is 9.59 Å². The summed E-state index contributed by atoms with van der Waals surface area (Å²) in [5.41, 5.74) is 6.95. The number of aryl methyl sites for hydroxylation is 1. The molecule has 5 heteroatoms. The number of methoxy groups -OCH3 is 1. The molecule has 0 unspecified atom stereocenters. The molecule has 1 heterocycles. The summed E-state index contributed by atoms with van der Waals surface area (Å²) < 4.78 is 4.79. The van der Waals surface area contributed by atoms with Crippen molar-refractivity contribution in [1.29, 1.82) is 0 Å². The second-order valence-electron chi connectivity index (χ2n) is 8.38. The molecule has 32 heavy (non-hydrogen) atoms. The lowest BCUT2D eigenvalue weighted by Gasteiger charge is -2.39. The van der Waals surface area contributed by atoms with Crippen LogP contribution in [0.15, 0.2) is 66.7 Å². The van der Waals surface area contributed by atoms with Gasteiger partial charge in [0.2, 0.25) is 5.91 Å². The highest BCUT2D eigenvalue weighted by Gasteiger charge is 2.32. The van der Waals surface area contributed by atoms with Crippen LogP contribution in [0.3, 0.4) is 0 Å². The van der Waals surface area contributed by atoms with E-state index in [0.717, 1.165) is 34.5 Å². The summed E-state index contributed by atoms with van der Waals surface area (Å²) in [5.74, 6) is -0.309. The van der Waals surface area contributed by atoms with Crippen molar-refractivity contribution in [2.75, 3.05) is 17.3 Å². The Kier molecular flexibility index (Phi) is 5.99. The first-order valence-corrected chi connectivity index (χ1v) is 10.8. The molecule has 0 saturated heterocycles. The van der Waals surface area contributed by atoms with Gasteiger partial charge in [-0.2, -0.15) is 0 Å². The number of hydrogen-bond acceptors (Lipinski definition) is 4. The predicted octanol–water partition coefficient (Wildman–Crippen LogP) is 5.75. The lowest BCUT2D eigenvalue weighted by molar-refractivity contribution is -0.117. The molecule has 2 atom stereocenters. The smallest absolute Gasteiger partial charge is 0.337 e. The van der Waals surface area contributed by atoms with Crippen LogP contribution in [0.4, 0.5) is 11.4 Å². The van der Waals surface area contributed by atoms with E-state index in [0.29, 0.717) is 5.56 Å². The Balaban J connectivity index is 1.71. The Labute approximate surface area is 189 Å². The molecule has 0 bridgehead atoms. The molecule has 4 rings (SSSR count). The first-order chi connectivity index (χ1) is 15.4. The first-order valence-electron chi connectivity index (χ1n) is 10.8. The number of nitrogens with zero attached hydrogens (tertiary/aromatic N) is 1. The molecule has 0 radical (unpaired) electrons. The SMILES string of the molecule is COC(=O)c1ccc(N[C@@H]2C[C@H](C)N(C(C)=O)c3ccc(-c4ccc(C)cc4)cc32)cc1. The van der Waals surface area contributed by atoms with Crippen LogP contribution in [0.2, 0.25) is 0 Å². The molecule has 1 aliphatic rings. The molecule has 0 aliphatic carbocycles. The van der Waals surface area contributed by atoms with Crippen molar-refractivity contribution in [1.82, 2.24) is 0 Å². The fourth-order valence-corrected chi connectivity index (χ4v) is 4.43. The minimum absolute atomic E-state index is 0.0324. The third-order valence-corrected chi connectivity index (χ3v) is 6.05. The maximum absolute atomic E-state index is 12.4. The van der Waals surface area contributed by atoms with Crippen molar-refractivity contribution < 1.29 is 14.3 Å². The molecule has 5 nitrogen and oxygen atoms in total. The van der Waals surface area contributed by atoms with Gasteiger partial charge in [0.25, 0.3) is 0 Å². The molecule has 1 N–H and O–H groups in total. The summed E-state index contributed by atoms with van der Waals surface area (Å²) in [4.78, 5) is 26.0. The normalized spacial score (nSPS) is 17.4. The van der Waals surface area contributed by atoms with Gasteiger partial charge in [-0.15, -0.1) is 0 Å². The minimum atomic E-state index is -0.354. The molecule has 0 saturated carbocycles. The molecular formula is C27H28N2O3. The number of benzene rings is 3. The van der Waals surface area contributed by atoms with E-state index >= 15 is 0 Å². The Hall–Kier alpha value is -3.60. The summed E-state index contributed by atoms with van der Waals surface area (Å²) in [5, 5.41) is 3.61. The number of carbonyl (C=O) groups excluding carboxylic acids is 2. The van der Waals surface area contributed by atoms with Crippen LogP contribution in [0.25, 0.3) is 11.1 Å². The molecule has 1 amide bonds. The van der Waals surface area contributed by atoms with E-state index < -0.39 is 0 Å². The average molecular weight is 429 g/mol. The molecule has 1 aliphatic heterocycles. The van der Waals surface area contributed by atoms with Gasteiger partial charge in [0.15, 0.2) is 0 Å². The summed E-state index contributed by atoms with van der Waals surface area (Å²) in [6.07, 6.45) is 0.780. The molecule has 0 spiro atoms. The number of anilines is 2. The number of ether oxygens (including phenoxy) is 1. The Morgan fingerprint density at radius 2 is 1.62 bits per heavy atom. The van der Waals surface area contributed by atoms with E-state index in [1.54, 1.807) is 19.1 Å². The van der Waals surface area contributed by atoms with Crippen molar-refractivity contribution in [2.24, 2.45) is 0 Å². The third kappa shape index (κ3) is 4.24. The minimum Gasteiger partial charge on any atom is -0.465 e. The zero-order chi connectivity index (χ0) is 22.8. The third-order valence-electron chi connectivity index (χ3n) is 6.05. The van der Waals surface area contributed by atoms with Gasteiger partial charge in [-0.05, 0) is 73.4 Å². The van der Waals surface area contributed by atoms with Crippen LogP contribution in [0.1, 0.15) is 47.8 Å². The van der Waals surface area contributed by atoms with Crippen molar-refractivity contribution in [3.8, 4) is 11.1 Å². The van der Waals surface area contributed by atoms with Gasteiger partial charge in [0, 0.05) is 24.3 Å². The van der Waals surface area contributed by atoms with E-state index in [-0.39, 0.29) is 24.0 Å². The molecule has 0 fully saturated rings. The summed E-state index contributed by atoms with van der Waals surface area (Å²) >= 11 is 0. The van der Waals surface area contributed by atoms with Gasteiger partial charge in [0.05, 0.1) is 18.7 Å². The van der Waals surface area contributed by atoms with Gasteiger partial charge in [-0.1, -0.05) is 35.9 Å².